The van der Waals surface area contributed by atoms with E-state index in [-0.39, 0.29) is 18.1 Å². The minimum absolute atomic E-state index is 0.161. The fourth-order valence-corrected chi connectivity index (χ4v) is 2.19. The number of amides is 1. The van der Waals surface area contributed by atoms with Crippen molar-refractivity contribution >= 4 is 29.3 Å². The van der Waals surface area contributed by atoms with Crippen molar-refractivity contribution in [3.05, 3.63) is 29.8 Å². The van der Waals surface area contributed by atoms with Gasteiger partial charge in [0.05, 0.1) is 11.6 Å². The van der Waals surface area contributed by atoms with Gasteiger partial charge in [0, 0.05) is 23.6 Å². The maximum Gasteiger partial charge on any atom is 0.321 e. The van der Waals surface area contributed by atoms with Crippen molar-refractivity contribution in [2.75, 3.05) is 16.8 Å². The molecule has 0 aliphatic rings. The molecule has 20 heavy (non-hydrogen) atoms. The Bertz CT molecular complexity index is 511. The summed E-state index contributed by atoms with van der Waals surface area (Å²) in [6, 6.07) is 7.65. The SMILES string of the molecule is N#Cc1ccc(NC(=O)CCSC[C@H](N)C(=O)O)cc1. The van der Waals surface area contributed by atoms with Crippen LogP contribution in [0.3, 0.4) is 0 Å². The predicted octanol–water partition coefficient (Wildman–Crippen LogP) is 1.03. The van der Waals surface area contributed by atoms with E-state index in [1.807, 2.05) is 6.07 Å². The van der Waals surface area contributed by atoms with Gasteiger partial charge in [-0.15, -0.1) is 0 Å². The maximum absolute atomic E-state index is 11.6. The average molecular weight is 293 g/mol. The zero-order valence-corrected chi connectivity index (χ0v) is 11.5. The zero-order valence-electron chi connectivity index (χ0n) is 10.7. The van der Waals surface area contributed by atoms with Crippen molar-refractivity contribution < 1.29 is 14.7 Å². The molecule has 0 bridgehead atoms. The number of nitriles is 1. The Morgan fingerprint density at radius 1 is 1.40 bits per heavy atom. The molecule has 1 amide bonds. The van der Waals surface area contributed by atoms with Gasteiger partial charge in [0.2, 0.25) is 5.91 Å². The minimum atomic E-state index is -1.04. The van der Waals surface area contributed by atoms with Crippen molar-refractivity contribution in [3.8, 4) is 6.07 Å². The highest BCUT2D eigenvalue weighted by molar-refractivity contribution is 7.99. The fourth-order valence-electron chi connectivity index (χ4n) is 1.30. The van der Waals surface area contributed by atoms with E-state index in [2.05, 4.69) is 5.32 Å². The summed E-state index contributed by atoms with van der Waals surface area (Å²) >= 11 is 1.32. The number of hydrogen-bond donors (Lipinski definition) is 3. The van der Waals surface area contributed by atoms with E-state index >= 15 is 0 Å². The molecule has 0 fully saturated rings. The first-order valence-corrected chi connectivity index (χ1v) is 7.04. The number of nitrogens with zero attached hydrogens (tertiary/aromatic N) is 1. The van der Waals surface area contributed by atoms with Crippen LogP contribution < -0.4 is 11.1 Å². The van der Waals surface area contributed by atoms with Crippen LogP contribution in [0.1, 0.15) is 12.0 Å². The van der Waals surface area contributed by atoms with Crippen LogP contribution in [0.2, 0.25) is 0 Å². The number of hydrogen-bond acceptors (Lipinski definition) is 5. The standard InChI is InChI=1S/C13H15N3O3S/c14-7-9-1-3-10(4-2-9)16-12(17)5-6-20-8-11(15)13(18)19/h1-4,11H,5-6,8,15H2,(H,16,17)(H,18,19)/t11-/m0/s1. The number of aliphatic carboxylic acids is 1. The monoisotopic (exact) mass is 293 g/mol. The van der Waals surface area contributed by atoms with Crippen LogP contribution in [0.15, 0.2) is 24.3 Å². The fraction of sp³-hybridized carbons (Fsp3) is 0.308. The van der Waals surface area contributed by atoms with Crippen LogP contribution in [-0.2, 0) is 9.59 Å². The van der Waals surface area contributed by atoms with Gasteiger partial charge in [-0.25, -0.2) is 0 Å². The number of carboxylic acid groups (broad SMARTS) is 1. The van der Waals surface area contributed by atoms with Gasteiger partial charge in [-0.1, -0.05) is 0 Å². The normalized spacial score (nSPS) is 11.4. The molecule has 1 aromatic carbocycles. The molecule has 1 atom stereocenters. The van der Waals surface area contributed by atoms with Gasteiger partial charge >= 0.3 is 5.97 Å². The topological polar surface area (TPSA) is 116 Å². The average Bonchev–Trinajstić information content (AvgIpc) is 2.44. The molecule has 0 aromatic heterocycles. The van der Waals surface area contributed by atoms with E-state index in [4.69, 9.17) is 16.1 Å². The van der Waals surface area contributed by atoms with E-state index in [0.29, 0.717) is 17.0 Å². The Morgan fingerprint density at radius 2 is 2.05 bits per heavy atom. The number of carbonyl (C=O) groups excluding carboxylic acids is 1. The second kappa shape index (κ2) is 8.19. The molecule has 0 radical (unpaired) electrons. The number of nitrogens with one attached hydrogen (secondary N) is 1. The van der Waals surface area contributed by atoms with E-state index in [0.717, 1.165) is 0 Å². The Labute approximate surface area is 121 Å². The molecule has 0 heterocycles. The zero-order chi connectivity index (χ0) is 15.0. The second-order valence-corrected chi connectivity index (χ2v) is 5.16. The minimum Gasteiger partial charge on any atom is -0.480 e. The molecule has 0 unspecified atom stereocenters. The largest absolute Gasteiger partial charge is 0.480 e. The molecule has 1 rings (SSSR count). The summed E-state index contributed by atoms with van der Waals surface area (Å²) in [7, 11) is 0. The molecule has 6 nitrogen and oxygen atoms in total. The van der Waals surface area contributed by atoms with Gasteiger partial charge in [-0.3, -0.25) is 9.59 Å². The molecule has 4 N–H and O–H groups in total. The lowest BCUT2D eigenvalue weighted by Gasteiger charge is -2.07. The number of carbonyl (C=O) groups is 2. The summed E-state index contributed by atoms with van der Waals surface area (Å²) in [5.74, 6) is -0.423. The Hall–Kier alpha value is -2.04. The van der Waals surface area contributed by atoms with Crippen molar-refractivity contribution in [3.63, 3.8) is 0 Å². The van der Waals surface area contributed by atoms with Crippen LogP contribution in [0, 0.1) is 11.3 Å². The number of benzene rings is 1. The molecular weight excluding hydrogens is 278 g/mol. The van der Waals surface area contributed by atoms with Gasteiger partial charge in [-0.2, -0.15) is 17.0 Å². The highest BCUT2D eigenvalue weighted by atomic mass is 32.2. The third-order valence-electron chi connectivity index (χ3n) is 2.39. The lowest BCUT2D eigenvalue weighted by molar-refractivity contribution is -0.137. The van der Waals surface area contributed by atoms with E-state index in [9.17, 15) is 9.59 Å². The molecule has 1 aromatic rings. The summed E-state index contributed by atoms with van der Waals surface area (Å²) in [5.41, 5.74) is 6.49. The summed E-state index contributed by atoms with van der Waals surface area (Å²) < 4.78 is 0. The first-order valence-electron chi connectivity index (χ1n) is 5.89. The molecule has 0 aliphatic carbocycles. The van der Waals surface area contributed by atoms with Crippen LogP contribution in [-0.4, -0.2) is 34.5 Å². The molecular formula is C13H15N3O3S. The molecule has 7 heteroatoms. The molecule has 0 spiro atoms. The number of nitrogens with two attached hydrogens (primary N) is 1. The van der Waals surface area contributed by atoms with Gasteiger partial charge in [0.15, 0.2) is 0 Å². The van der Waals surface area contributed by atoms with Crippen LogP contribution in [0.5, 0.6) is 0 Å². The second-order valence-electron chi connectivity index (χ2n) is 4.01. The Morgan fingerprint density at radius 3 is 2.60 bits per heavy atom. The van der Waals surface area contributed by atoms with Gasteiger partial charge in [-0.05, 0) is 24.3 Å². The van der Waals surface area contributed by atoms with Crippen molar-refractivity contribution in [1.29, 1.82) is 5.26 Å². The third-order valence-corrected chi connectivity index (χ3v) is 3.47. The number of carboxylic acids is 1. The van der Waals surface area contributed by atoms with E-state index in [1.165, 1.54) is 11.8 Å². The smallest absolute Gasteiger partial charge is 0.321 e. The molecule has 0 saturated heterocycles. The third kappa shape index (κ3) is 5.73. The van der Waals surface area contributed by atoms with Crippen molar-refractivity contribution in [2.45, 2.75) is 12.5 Å². The number of anilines is 1. The summed E-state index contributed by atoms with van der Waals surface area (Å²) in [6.07, 6.45) is 0.275. The van der Waals surface area contributed by atoms with Crippen LogP contribution in [0.25, 0.3) is 0 Å². The number of rotatable bonds is 7. The van der Waals surface area contributed by atoms with Crippen LogP contribution >= 0.6 is 11.8 Å². The highest BCUT2D eigenvalue weighted by Crippen LogP contribution is 2.10. The first-order chi connectivity index (χ1) is 9.52. The quantitative estimate of drug-likeness (QED) is 0.647. The predicted molar refractivity (Wildman–Crippen MR) is 77.3 cm³/mol. The molecule has 0 aliphatic heterocycles. The summed E-state index contributed by atoms with van der Waals surface area (Å²) in [4.78, 5) is 22.1. The number of thioether (sulfide) groups is 1. The van der Waals surface area contributed by atoms with Gasteiger partial charge < -0.3 is 16.2 Å². The lowest BCUT2D eigenvalue weighted by atomic mass is 10.2. The first kappa shape index (κ1) is 16.0. The molecule has 0 saturated carbocycles. The van der Waals surface area contributed by atoms with Crippen LogP contribution in [0.4, 0.5) is 5.69 Å². The summed E-state index contributed by atoms with van der Waals surface area (Å²) in [6.45, 7) is 0. The Kier molecular flexibility index (Phi) is 6.56. The summed E-state index contributed by atoms with van der Waals surface area (Å²) in [5, 5.41) is 19.9. The van der Waals surface area contributed by atoms with Gasteiger partial charge in [0.1, 0.15) is 6.04 Å². The van der Waals surface area contributed by atoms with E-state index in [1.54, 1.807) is 24.3 Å². The molecule has 106 valence electrons. The Balaban J connectivity index is 2.26. The van der Waals surface area contributed by atoms with Crippen molar-refractivity contribution in [2.24, 2.45) is 5.73 Å². The lowest BCUT2D eigenvalue weighted by Crippen LogP contribution is -2.32. The van der Waals surface area contributed by atoms with E-state index < -0.39 is 12.0 Å². The maximum atomic E-state index is 11.6. The highest BCUT2D eigenvalue weighted by Gasteiger charge is 2.11. The van der Waals surface area contributed by atoms with Crippen molar-refractivity contribution in [1.82, 2.24) is 0 Å². The van der Waals surface area contributed by atoms with Gasteiger partial charge in [0.25, 0.3) is 0 Å².